The second-order valence-corrected chi connectivity index (χ2v) is 5.83. The number of anilines is 2. The molecule has 5 nitrogen and oxygen atoms in total. The average molecular weight is 337 g/mol. The molecule has 8 heteroatoms. The molecule has 1 aromatic carbocycles. The van der Waals surface area contributed by atoms with Crippen LogP contribution in [0.3, 0.4) is 0 Å². The zero-order valence-electron chi connectivity index (χ0n) is 13.2. The SMILES string of the molecule is CN1CCN(c2ccc(-c3ncc(C(F)(F)F)c(N)n3)cc2)CC1. The van der Waals surface area contributed by atoms with Crippen molar-refractivity contribution in [3.63, 3.8) is 0 Å². The van der Waals surface area contributed by atoms with Crippen LogP contribution < -0.4 is 10.6 Å². The Morgan fingerprint density at radius 3 is 2.21 bits per heavy atom. The van der Waals surface area contributed by atoms with Crippen LogP contribution in [-0.4, -0.2) is 48.1 Å². The molecule has 2 heterocycles. The van der Waals surface area contributed by atoms with Gasteiger partial charge in [0.2, 0.25) is 0 Å². The summed E-state index contributed by atoms with van der Waals surface area (Å²) in [6.45, 7) is 3.89. The molecule has 1 aromatic heterocycles. The number of rotatable bonds is 2. The van der Waals surface area contributed by atoms with Gasteiger partial charge in [0.25, 0.3) is 0 Å². The van der Waals surface area contributed by atoms with Gasteiger partial charge in [0.15, 0.2) is 5.82 Å². The maximum Gasteiger partial charge on any atom is 0.421 e. The molecule has 0 radical (unpaired) electrons. The Morgan fingerprint density at radius 1 is 1.04 bits per heavy atom. The van der Waals surface area contributed by atoms with Crippen LogP contribution in [0, 0.1) is 0 Å². The standard InChI is InChI=1S/C16H18F3N5/c1-23-6-8-24(9-7-23)12-4-2-11(3-5-12)15-21-10-13(14(20)22-15)16(17,18)19/h2-5,10H,6-9H2,1H3,(H2,20,21,22). The van der Waals surface area contributed by atoms with E-state index >= 15 is 0 Å². The summed E-state index contributed by atoms with van der Waals surface area (Å²) in [5.74, 6) is -0.374. The molecule has 2 aromatic rings. The van der Waals surface area contributed by atoms with Crippen LogP contribution >= 0.6 is 0 Å². The van der Waals surface area contributed by atoms with Crippen LogP contribution in [0.25, 0.3) is 11.4 Å². The quantitative estimate of drug-likeness (QED) is 0.912. The van der Waals surface area contributed by atoms with Crippen LogP contribution in [0.4, 0.5) is 24.7 Å². The molecule has 1 saturated heterocycles. The Balaban J connectivity index is 1.80. The van der Waals surface area contributed by atoms with E-state index in [9.17, 15) is 13.2 Å². The van der Waals surface area contributed by atoms with Crippen molar-refractivity contribution >= 4 is 11.5 Å². The second-order valence-electron chi connectivity index (χ2n) is 5.83. The van der Waals surface area contributed by atoms with E-state index in [1.165, 1.54) is 0 Å². The van der Waals surface area contributed by atoms with Crippen molar-refractivity contribution in [3.05, 3.63) is 36.0 Å². The minimum Gasteiger partial charge on any atom is -0.383 e. The van der Waals surface area contributed by atoms with E-state index in [0.29, 0.717) is 5.56 Å². The van der Waals surface area contributed by atoms with Gasteiger partial charge in [-0.15, -0.1) is 0 Å². The van der Waals surface area contributed by atoms with Crippen LogP contribution in [0.1, 0.15) is 5.56 Å². The number of nitrogens with zero attached hydrogens (tertiary/aromatic N) is 4. The molecule has 24 heavy (non-hydrogen) atoms. The van der Waals surface area contributed by atoms with Gasteiger partial charge in [-0.2, -0.15) is 13.2 Å². The number of nitrogens with two attached hydrogens (primary N) is 1. The van der Waals surface area contributed by atoms with Crippen molar-refractivity contribution in [1.29, 1.82) is 0 Å². The predicted molar refractivity (Wildman–Crippen MR) is 86.6 cm³/mol. The van der Waals surface area contributed by atoms with Crippen LogP contribution in [-0.2, 0) is 6.18 Å². The smallest absolute Gasteiger partial charge is 0.383 e. The lowest BCUT2D eigenvalue weighted by molar-refractivity contribution is -0.137. The van der Waals surface area contributed by atoms with Gasteiger partial charge >= 0.3 is 6.18 Å². The summed E-state index contributed by atoms with van der Waals surface area (Å²) in [5.41, 5.74) is 6.12. The molecule has 0 atom stereocenters. The van der Waals surface area contributed by atoms with Gasteiger partial charge in [0.05, 0.1) is 0 Å². The molecule has 3 rings (SSSR count). The first-order valence-corrected chi connectivity index (χ1v) is 7.58. The normalized spacial score (nSPS) is 16.4. The molecular formula is C16H18F3N5. The fraction of sp³-hybridized carbons (Fsp3) is 0.375. The summed E-state index contributed by atoms with van der Waals surface area (Å²) in [7, 11) is 2.09. The van der Waals surface area contributed by atoms with Crippen molar-refractivity contribution in [3.8, 4) is 11.4 Å². The zero-order chi connectivity index (χ0) is 17.3. The van der Waals surface area contributed by atoms with E-state index in [1.807, 2.05) is 12.1 Å². The van der Waals surface area contributed by atoms with Crippen molar-refractivity contribution in [2.75, 3.05) is 43.9 Å². The minimum atomic E-state index is -4.55. The van der Waals surface area contributed by atoms with Gasteiger partial charge in [-0.1, -0.05) is 0 Å². The van der Waals surface area contributed by atoms with E-state index < -0.39 is 17.6 Å². The lowest BCUT2D eigenvalue weighted by atomic mass is 10.1. The number of hydrogen-bond donors (Lipinski definition) is 1. The number of aromatic nitrogens is 2. The van der Waals surface area contributed by atoms with E-state index in [-0.39, 0.29) is 5.82 Å². The Hall–Kier alpha value is -2.35. The van der Waals surface area contributed by atoms with Gasteiger partial charge in [-0.05, 0) is 31.3 Å². The summed E-state index contributed by atoms with van der Waals surface area (Å²) in [6.07, 6.45) is -3.82. The maximum atomic E-state index is 12.7. The molecular weight excluding hydrogens is 319 g/mol. The molecule has 1 aliphatic rings. The Kier molecular flexibility index (Phi) is 4.31. The highest BCUT2D eigenvalue weighted by atomic mass is 19.4. The average Bonchev–Trinajstić information content (AvgIpc) is 2.54. The van der Waals surface area contributed by atoms with E-state index in [2.05, 4.69) is 26.8 Å². The van der Waals surface area contributed by atoms with Gasteiger partial charge in [-0.25, -0.2) is 9.97 Å². The summed E-state index contributed by atoms with van der Waals surface area (Å²) in [6, 6.07) is 7.46. The highest BCUT2D eigenvalue weighted by Gasteiger charge is 2.34. The Labute approximate surface area is 137 Å². The molecule has 1 fully saturated rings. The van der Waals surface area contributed by atoms with E-state index in [4.69, 9.17) is 5.73 Å². The highest BCUT2D eigenvalue weighted by Crippen LogP contribution is 2.33. The van der Waals surface area contributed by atoms with E-state index in [0.717, 1.165) is 38.1 Å². The van der Waals surface area contributed by atoms with Gasteiger partial charge in [-0.3, -0.25) is 0 Å². The largest absolute Gasteiger partial charge is 0.421 e. The summed E-state index contributed by atoms with van der Waals surface area (Å²) in [5, 5.41) is 0. The van der Waals surface area contributed by atoms with Gasteiger partial charge in [0.1, 0.15) is 11.4 Å². The monoisotopic (exact) mass is 337 g/mol. The van der Waals surface area contributed by atoms with Crippen molar-refractivity contribution in [2.24, 2.45) is 0 Å². The summed E-state index contributed by atoms with van der Waals surface area (Å²) in [4.78, 5) is 12.1. The molecule has 0 bridgehead atoms. The van der Waals surface area contributed by atoms with Crippen molar-refractivity contribution < 1.29 is 13.2 Å². The number of likely N-dealkylation sites (N-methyl/N-ethyl adjacent to an activating group) is 1. The summed E-state index contributed by atoms with van der Waals surface area (Å²) < 4.78 is 38.1. The Morgan fingerprint density at radius 2 is 1.67 bits per heavy atom. The maximum absolute atomic E-state index is 12.7. The molecule has 0 aliphatic carbocycles. The zero-order valence-corrected chi connectivity index (χ0v) is 13.2. The summed E-state index contributed by atoms with van der Waals surface area (Å²) >= 11 is 0. The van der Waals surface area contributed by atoms with Gasteiger partial charge in [0, 0.05) is 43.6 Å². The van der Waals surface area contributed by atoms with Crippen LogP contribution in [0.5, 0.6) is 0 Å². The fourth-order valence-corrected chi connectivity index (χ4v) is 2.64. The van der Waals surface area contributed by atoms with E-state index in [1.54, 1.807) is 12.1 Å². The second kappa shape index (κ2) is 6.27. The molecule has 1 aliphatic heterocycles. The molecule has 0 spiro atoms. The first-order chi connectivity index (χ1) is 11.3. The third-order valence-electron chi connectivity index (χ3n) is 4.12. The number of piperazine rings is 1. The molecule has 128 valence electrons. The Bertz CT molecular complexity index is 707. The topological polar surface area (TPSA) is 58.3 Å². The lowest BCUT2D eigenvalue weighted by Gasteiger charge is -2.34. The number of benzene rings is 1. The molecule has 0 saturated carbocycles. The van der Waals surface area contributed by atoms with Crippen molar-refractivity contribution in [1.82, 2.24) is 14.9 Å². The van der Waals surface area contributed by atoms with Crippen LogP contribution in [0.15, 0.2) is 30.5 Å². The lowest BCUT2D eigenvalue weighted by Crippen LogP contribution is -2.44. The van der Waals surface area contributed by atoms with Crippen molar-refractivity contribution in [2.45, 2.75) is 6.18 Å². The number of halogens is 3. The number of hydrogen-bond acceptors (Lipinski definition) is 5. The number of alkyl halides is 3. The van der Waals surface area contributed by atoms with Crippen LogP contribution in [0.2, 0.25) is 0 Å². The number of nitrogen functional groups attached to an aromatic ring is 1. The first-order valence-electron chi connectivity index (χ1n) is 7.58. The molecule has 0 amide bonds. The first kappa shape index (κ1) is 16.5. The molecule has 0 unspecified atom stereocenters. The minimum absolute atomic E-state index is 0.186. The predicted octanol–water partition coefficient (Wildman–Crippen LogP) is 2.50. The third-order valence-corrected chi connectivity index (χ3v) is 4.12. The van der Waals surface area contributed by atoms with Gasteiger partial charge < -0.3 is 15.5 Å². The molecule has 2 N–H and O–H groups in total. The third kappa shape index (κ3) is 3.43. The fourth-order valence-electron chi connectivity index (χ4n) is 2.64. The highest BCUT2D eigenvalue weighted by molar-refractivity contribution is 5.62.